The molecular weight excluding hydrogens is 294 g/mol. The first kappa shape index (κ1) is 11.3. The molecule has 0 aromatic carbocycles. The molecule has 6 heteroatoms. The van der Waals surface area contributed by atoms with E-state index < -0.39 is 0 Å². The fourth-order valence-corrected chi connectivity index (χ4v) is 2.19. The van der Waals surface area contributed by atoms with Crippen molar-refractivity contribution in [3.05, 3.63) is 35.3 Å². The Morgan fingerprint density at radius 2 is 2.22 bits per heavy atom. The molecule has 0 spiro atoms. The molecule has 5 nitrogen and oxygen atoms in total. The summed E-state index contributed by atoms with van der Waals surface area (Å²) in [6.07, 6.45) is 3.48. The van der Waals surface area contributed by atoms with Crippen LogP contribution in [-0.2, 0) is 6.54 Å². The summed E-state index contributed by atoms with van der Waals surface area (Å²) in [5, 5.41) is 8.17. The Morgan fingerprint density at radius 3 is 3.00 bits per heavy atom. The van der Waals surface area contributed by atoms with Crippen molar-refractivity contribution in [2.24, 2.45) is 0 Å². The first-order chi connectivity index (χ1) is 8.79. The molecule has 0 N–H and O–H groups in total. The van der Waals surface area contributed by atoms with E-state index in [4.69, 9.17) is 0 Å². The summed E-state index contributed by atoms with van der Waals surface area (Å²) in [7, 11) is 0. The van der Waals surface area contributed by atoms with E-state index in [1.807, 2.05) is 29.7 Å². The van der Waals surface area contributed by atoms with Crippen LogP contribution in [0.2, 0.25) is 0 Å². The number of nitrogens with zero attached hydrogens (tertiary/aromatic N) is 5. The predicted molar refractivity (Wildman–Crippen MR) is 71.9 cm³/mol. The van der Waals surface area contributed by atoms with Crippen molar-refractivity contribution in [2.45, 2.75) is 13.5 Å². The highest BCUT2D eigenvalue weighted by Crippen LogP contribution is 2.24. The lowest BCUT2D eigenvalue weighted by atomic mass is 10.2. The van der Waals surface area contributed by atoms with Crippen LogP contribution in [0.25, 0.3) is 22.4 Å². The molecule has 0 aliphatic rings. The van der Waals surface area contributed by atoms with Crippen molar-refractivity contribution in [1.82, 2.24) is 24.7 Å². The number of rotatable bonds is 2. The lowest BCUT2D eigenvalue weighted by molar-refractivity contribution is 0.771. The standard InChI is InChI=1S/C12H10BrN5/c1-2-18-7-14-11-8(6-15-17-12(11)18)9-4-3-5-10(13)16-9/h3-7H,2H2,1H3. The highest BCUT2D eigenvalue weighted by molar-refractivity contribution is 9.10. The van der Waals surface area contributed by atoms with Crippen molar-refractivity contribution in [1.29, 1.82) is 0 Å². The Balaban J connectivity index is 2.26. The molecule has 0 amide bonds. The number of pyridine rings is 1. The van der Waals surface area contributed by atoms with Gasteiger partial charge in [0, 0.05) is 6.54 Å². The van der Waals surface area contributed by atoms with Crippen molar-refractivity contribution < 1.29 is 0 Å². The van der Waals surface area contributed by atoms with E-state index in [9.17, 15) is 0 Å². The highest BCUT2D eigenvalue weighted by atomic mass is 79.9. The van der Waals surface area contributed by atoms with Gasteiger partial charge in [0.05, 0.1) is 23.8 Å². The average molecular weight is 304 g/mol. The molecule has 0 atom stereocenters. The van der Waals surface area contributed by atoms with Gasteiger partial charge in [-0.3, -0.25) is 0 Å². The maximum atomic E-state index is 4.43. The van der Waals surface area contributed by atoms with Gasteiger partial charge in [-0.1, -0.05) is 6.07 Å². The molecule has 0 saturated heterocycles. The van der Waals surface area contributed by atoms with Crippen molar-refractivity contribution in [3.8, 4) is 11.3 Å². The summed E-state index contributed by atoms with van der Waals surface area (Å²) in [5.74, 6) is 0. The summed E-state index contributed by atoms with van der Waals surface area (Å²) in [6.45, 7) is 2.87. The van der Waals surface area contributed by atoms with Crippen LogP contribution in [0.3, 0.4) is 0 Å². The Bertz CT molecular complexity index is 707. The molecule has 0 radical (unpaired) electrons. The minimum Gasteiger partial charge on any atom is -0.314 e. The van der Waals surface area contributed by atoms with Gasteiger partial charge in [-0.15, -0.1) is 5.10 Å². The first-order valence-electron chi connectivity index (χ1n) is 5.59. The van der Waals surface area contributed by atoms with Gasteiger partial charge in [0.25, 0.3) is 0 Å². The summed E-state index contributed by atoms with van der Waals surface area (Å²) < 4.78 is 2.75. The zero-order valence-electron chi connectivity index (χ0n) is 9.71. The zero-order valence-corrected chi connectivity index (χ0v) is 11.3. The molecule has 3 heterocycles. The van der Waals surface area contributed by atoms with Crippen LogP contribution in [0.4, 0.5) is 0 Å². The molecule has 3 rings (SSSR count). The van der Waals surface area contributed by atoms with Gasteiger partial charge in [0.1, 0.15) is 10.1 Å². The van der Waals surface area contributed by atoms with Crippen LogP contribution in [0.15, 0.2) is 35.3 Å². The average Bonchev–Trinajstić information content (AvgIpc) is 2.81. The minimum absolute atomic E-state index is 0.789. The maximum Gasteiger partial charge on any atom is 0.183 e. The second-order valence-electron chi connectivity index (χ2n) is 3.81. The lowest BCUT2D eigenvalue weighted by Crippen LogP contribution is -1.96. The summed E-state index contributed by atoms with van der Waals surface area (Å²) >= 11 is 3.37. The number of aryl methyl sites for hydroxylation is 1. The van der Waals surface area contributed by atoms with Crippen molar-refractivity contribution >= 4 is 27.1 Å². The molecule has 0 aliphatic heterocycles. The van der Waals surface area contributed by atoms with E-state index in [0.29, 0.717) is 0 Å². The molecule has 3 aromatic heterocycles. The van der Waals surface area contributed by atoms with Crippen LogP contribution in [-0.4, -0.2) is 24.7 Å². The van der Waals surface area contributed by atoms with E-state index >= 15 is 0 Å². The van der Waals surface area contributed by atoms with Crippen LogP contribution in [0, 0.1) is 0 Å². The third kappa shape index (κ3) is 1.78. The Hall–Kier alpha value is -1.82. The number of hydrogen-bond acceptors (Lipinski definition) is 4. The summed E-state index contributed by atoms with van der Waals surface area (Å²) in [4.78, 5) is 8.83. The van der Waals surface area contributed by atoms with Gasteiger partial charge >= 0.3 is 0 Å². The predicted octanol–water partition coefficient (Wildman–Crippen LogP) is 2.67. The van der Waals surface area contributed by atoms with E-state index in [-0.39, 0.29) is 0 Å². The highest BCUT2D eigenvalue weighted by Gasteiger charge is 2.11. The van der Waals surface area contributed by atoms with Crippen LogP contribution >= 0.6 is 15.9 Å². The van der Waals surface area contributed by atoms with Gasteiger partial charge in [0.2, 0.25) is 0 Å². The largest absolute Gasteiger partial charge is 0.314 e. The Kier molecular flexibility index (Phi) is 2.79. The molecule has 0 bridgehead atoms. The van der Waals surface area contributed by atoms with E-state index in [1.54, 1.807) is 12.5 Å². The second kappa shape index (κ2) is 4.45. The smallest absolute Gasteiger partial charge is 0.183 e. The van der Waals surface area contributed by atoms with Crippen LogP contribution < -0.4 is 0 Å². The van der Waals surface area contributed by atoms with Gasteiger partial charge in [-0.05, 0) is 35.0 Å². The zero-order chi connectivity index (χ0) is 12.5. The monoisotopic (exact) mass is 303 g/mol. The normalized spacial score (nSPS) is 11.0. The van der Waals surface area contributed by atoms with Gasteiger partial charge in [-0.2, -0.15) is 5.10 Å². The topological polar surface area (TPSA) is 56.5 Å². The quantitative estimate of drug-likeness (QED) is 0.683. The fourth-order valence-electron chi connectivity index (χ4n) is 1.85. The number of aromatic nitrogens is 5. The maximum absolute atomic E-state index is 4.43. The molecule has 0 fully saturated rings. The molecule has 0 aliphatic carbocycles. The summed E-state index contributed by atoms with van der Waals surface area (Å²) in [6, 6.07) is 5.77. The first-order valence-corrected chi connectivity index (χ1v) is 6.38. The molecule has 0 unspecified atom stereocenters. The molecule has 90 valence electrons. The minimum atomic E-state index is 0.789. The van der Waals surface area contributed by atoms with Gasteiger partial charge in [0.15, 0.2) is 5.65 Å². The third-order valence-electron chi connectivity index (χ3n) is 2.74. The lowest BCUT2D eigenvalue weighted by Gasteiger charge is -2.02. The Morgan fingerprint density at radius 1 is 1.33 bits per heavy atom. The van der Waals surface area contributed by atoms with Gasteiger partial charge < -0.3 is 4.57 Å². The third-order valence-corrected chi connectivity index (χ3v) is 3.18. The van der Waals surface area contributed by atoms with Crippen LogP contribution in [0.1, 0.15) is 6.92 Å². The molecule has 18 heavy (non-hydrogen) atoms. The fraction of sp³-hybridized carbons (Fsp3) is 0.167. The van der Waals surface area contributed by atoms with Gasteiger partial charge in [-0.25, -0.2) is 9.97 Å². The summed E-state index contributed by atoms with van der Waals surface area (Å²) in [5.41, 5.74) is 3.35. The molecular formula is C12H10BrN5. The van der Waals surface area contributed by atoms with E-state index in [0.717, 1.165) is 33.6 Å². The van der Waals surface area contributed by atoms with Crippen molar-refractivity contribution in [3.63, 3.8) is 0 Å². The number of hydrogen-bond donors (Lipinski definition) is 0. The molecule has 0 saturated carbocycles. The van der Waals surface area contributed by atoms with Crippen molar-refractivity contribution in [2.75, 3.05) is 0 Å². The SMILES string of the molecule is CCn1cnc2c(-c3cccc(Br)n3)cnnc21. The number of imidazole rings is 1. The second-order valence-corrected chi connectivity index (χ2v) is 4.62. The van der Waals surface area contributed by atoms with Crippen LogP contribution in [0.5, 0.6) is 0 Å². The van der Waals surface area contributed by atoms with E-state index in [1.165, 1.54) is 0 Å². The number of fused-ring (bicyclic) bond motifs is 1. The molecule has 3 aromatic rings. The Labute approximate surface area is 112 Å². The number of halogens is 1. The van der Waals surface area contributed by atoms with E-state index in [2.05, 4.69) is 36.1 Å².